The lowest BCUT2D eigenvalue weighted by Crippen LogP contribution is -2.41. The predicted molar refractivity (Wildman–Crippen MR) is 365 cm³/mol. The third kappa shape index (κ3) is 12.8. The number of unbranched alkanes of at least 4 members (excludes halogenated alkanes) is 9. The summed E-state index contributed by atoms with van der Waals surface area (Å²) in [6, 6.07) is 12.3. The number of rotatable bonds is 15. The monoisotopic (exact) mass is 1180 g/mol. The van der Waals surface area contributed by atoms with E-state index in [1.165, 1.54) is 92.1 Å². The van der Waals surface area contributed by atoms with Crippen LogP contribution in [0.4, 0.5) is 17.1 Å². The molecule has 3 aliphatic carbocycles. The minimum Gasteiger partial charge on any atom is -0.618 e. The summed E-state index contributed by atoms with van der Waals surface area (Å²) in [6.45, 7) is 39.5. The molecular weight excluding hydrogens is 1070 g/mol. The van der Waals surface area contributed by atoms with E-state index in [0.717, 1.165) is 134 Å². The van der Waals surface area contributed by atoms with Crippen LogP contribution in [0, 0.1) is 48.1 Å². The zero-order valence-electron chi connectivity index (χ0n) is 56.7. The fourth-order valence-electron chi connectivity index (χ4n) is 16.7. The molecule has 0 radical (unpaired) electrons. The van der Waals surface area contributed by atoms with Gasteiger partial charge in [-0.25, -0.2) is 0 Å². The summed E-state index contributed by atoms with van der Waals surface area (Å²) in [5, 5.41) is 40.7. The smallest absolute Gasteiger partial charge is 0.228 e. The lowest BCUT2D eigenvalue weighted by Gasteiger charge is -2.42. The minimum absolute atomic E-state index is 0.0493. The molecule has 3 aromatic carbocycles. The highest BCUT2D eigenvalue weighted by Gasteiger charge is 2.55. The van der Waals surface area contributed by atoms with Crippen LogP contribution in [0.3, 0.4) is 0 Å². The van der Waals surface area contributed by atoms with E-state index in [9.17, 15) is 15.6 Å². The van der Waals surface area contributed by atoms with Gasteiger partial charge in [0.15, 0.2) is 0 Å². The van der Waals surface area contributed by atoms with Crippen molar-refractivity contribution in [2.24, 2.45) is 32.5 Å². The van der Waals surface area contributed by atoms with Crippen LogP contribution in [0.25, 0.3) is 34.9 Å². The van der Waals surface area contributed by atoms with Gasteiger partial charge in [0.25, 0.3) is 0 Å². The first-order valence-corrected chi connectivity index (χ1v) is 33.6. The first-order chi connectivity index (χ1) is 40.7. The Bertz CT molecular complexity index is 3510. The Morgan fingerprint density at radius 2 is 0.713 bits per heavy atom. The first kappa shape index (κ1) is 63.9. The quantitative estimate of drug-likeness (QED) is 0.0853. The zero-order valence-corrected chi connectivity index (χ0v) is 56.7. The predicted octanol–water partition coefficient (Wildman–Crippen LogP) is 21.8. The Morgan fingerprint density at radius 1 is 0.379 bits per heavy atom. The van der Waals surface area contributed by atoms with Crippen molar-refractivity contribution in [2.45, 2.75) is 257 Å². The summed E-state index contributed by atoms with van der Waals surface area (Å²) in [7, 11) is 0. The molecule has 0 spiro atoms. The molecule has 1 unspecified atom stereocenters. The molecule has 87 heavy (non-hydrogen) atoms. The van der Waals surface area contributed by atoms with Crippen LogP contribution in [0.1, 0.15) is 274 Å². The third-order valence-electron chi connectivity index (χ3n) is 19.9. The largest absolute Gasteiger partial charge is 0.618 e. The molecule has 0 bridgehead atoms. The maximum atomic E-state index is 14.0. The highest BCUT2D eigenvalue weighted by Crippen LogP contribution is 2.58. The van der Waals surface area contributed by atoms with E-state index in [4.69, 9.17) is 14.2 Å². The molecule has 9 heteroatoms. The van der Waals surface area contributed by atoms with Crippen LogP contribution in [0.15, 0.2) is 72.9 Å². The summed E-state index contributed by atoms with van der Waals surface area (Å²) in [6.07, 6.45) is 40.9. The fourth-order valence-corrected chi connectivity index (χ4v) is 16.7. The molecule has 9 nitrogen and oxygen atoms in total. The molecule has 0 N–H and O–H groups in total. The molecule has 1 atom stereocenters. The van der Waals surface area contributed by atoms with Gasteiger partial charge in [-0.3, -0.25) is 0 Å². The van der Waals surface area contributed by atoms with Gasteiger partial charge in [0.1, 0.15) is 34.1 Å². The van der Waals surface area contributed by atoms with Crippen LogP contribution in [0.2, 0.25) is 0 Å². The molecule has 0 saturated heterocycles. The van der Waals surface area contributed by atoms with E-state index >= 15 is 0 Å². The van der Waals surface area contributed by atoms with Crippen LogP contribution in [0.5, 0.6) is 17.2 Å². The van der Waals surface area contributed by atoms with E-state index in [1.54, 1.807) is 0 Å². The van der Waals surface area contributed by atoms with E-state index in [2.05, 4.69) is 170 Å². The molecule has 6 heterocycles. The number of ether oxygens (including phenoxy) is 3. The van der Waals surface area contributed by atoms with Crippen molar-refractivity contribution >= 4 is 69.1 Å². The molecule has 6 aliphatic heterocycles. The molecule has 0 saturated carbocycles. The number of allylic oxidation sites excluding steroid dienone is 6. The van der Waals surface area contributed by atoms with Gasteiger partial charge in [0.05, 0.1) is 67.9 Å². The second-order valence-corrected chi connectivity index (χ2v) is 32.1. The molecule has 3 aromatic rings. The van der Waals surface area contributed by atoms with E-state index in [1.807, 2.05) is 45.9 Å². The number of hydrogen-bond donors (Lipinski definition) is 0. The number of fused-ring (bicyclic) bond motifs is 12. The minimum atomic E-state index is -0.350. The normalized spacial score (nSPS) is 23.6. The van der Waals surface area contributed by atoms with Gasteiger partial charge in [-0.2, -0.15) is 14.2 Å². The molecule has 9 aliphatic rings. The van der Waals surface area contributed by atoms with Gasteiger partial charge in [0.2, 0.25) is 34.2 Å². The first-order valence-electron chi connectivity index (χ1n) is 33.6. The molecule has 0 amide bonds. The highest BCUT2D eigenvalue weighted by molar-refractivity contribution is 6.30. The highest BCUT2D eigenvalue weighted by atomic mass is 16.5. The second-order valence-electron chi connectivity index (χ2n) is 32.1. The number of benzene rings is 3. The maximum Gasteiger partial charge on any atom is 0.228 e. The topological polar surface area (TPSA) is 106 Å². The van der Waals surface area contributed by atoms with Crippen molar-refractivity contribution in [3.63, 3.8) is 0 Å². The Labute approximate surface area is 523 Å². The molecular formula is C78H105N3O6. The number of hydrogen-bond acceptors (Lipinski definition) is 6. The van der Waals surface area contributed by atoms with Gasteiger partial charge in [0, 0.05) is 16.7 Å². The van der Waals surface area contributed by atoms with Gasteiger partial charge in [-0.05, 0) is 154 Å². The molecule has 12 rings (SSSR count). The van der Waals surface area contributed by atoms with Crippen molar-refractivity contribution in [1.29, 1.82) is 0 Å². The SMILES string of the molecule is CC1(C)C=C2C(=[N+]([O-])c3cc4c(cc32)C=CC(C)(C)O4)C(C)(C)C1.CCCCCCC1(C)CC(C)(C)C=C2C1=[N+]([O-])c1cc3c(cc12)C=CC(C)(C)O3.CCCCCCC1(CCCCCC)CC(C)(C)C=C2C1=[N+]([O-])c1cc3c(cc12)C=CC(C)(C)O3. The van der Waals surface area contributed by atoms with Crippen molar-refractivity contribution in [3.05, 3.63) is 122 Å². The standard InChI is InChI=1S/C31H45NO2.C26H35NO2.C21H25NO2/c1-7-9-11-13-16-31(17-14-12-10-8-2)22-29(3,4)21-25-24-19-23-15-18-30(5,6)34-27(23)20-26(24)32(33)28(25)31;1-7-8-9-10-12-26(6)17-24(2,3)16-20-19-14-18-11-13-25(4,5)29-22(18)15-21(19)27(28)23(20)26;1-19(2)11-15-14-9-13-7-8-21(5,6)24-17(13)10-16(14)22(23)18(15)20(3,4)12-19/h15,18-21H,7-14,16-17,22H2,1-6H3;11,13-16H,7-10,12,17H2,1-6H3;7-11H,12H2,1-6H3. The van der Waals surface area contributed by atoms with Crippen molar-refractivity contribution in [3.8, 4) is 17.2 Å². The van der Waals surface area contributed by atoms with Gasteiger partial charge in [-0.1, -0.05) is 176 Å². The maximum absolute atomic E-state index is 14.0. The Balaban J connectivity index is 0.000000146. The Hall–Kier alpha value is -6.09. The van der Waals surface area contributed by atoms with Crippen LogP contribution in [-0.2, 0) is 0 Å². The van der Waals surface area contributed by atoms with E-state index in [-0.39, 0.29) is 49.3 Å². The second kappa shape index (κ2) is 23.1. The lowest BCUT2D eigenvalue weighted by molar-refractivity contribution is -0.362. The summed E-state index contributed by atoms with van der Waals surface area (Å²) in [5.74, 6) is 2.42. The Morgan fingerprint density at radius 3 is 1.11 bits per heavy atom. The van der Waals surface area contributed by atoms with Crippen LogP contribution in [-0.4, -0.2) is 48.2 Å². The van der Waals surface area contributed by atoms with Crippen molar-refractivity contribution in [2.75, 3.05) is 0 Å². The van der Waals surface area contributed by atoms with Gasteiger partial charge in [-0.15, -0.1) is 0 Å². The van der Waals surface area contributed by atoms with E-state index < -0.39 is 0 Å². The average molecular weight is 1180 g/mol. The molecule has 0 aromatic heterocycles. The average Bonchev–Trinajstić information content (AvgIpc) is 1.60. The summed E-state index contributed by atoms with van der Waals surface area (Å²) in [4.78, 5) is 0. The number of nitrogens with zero attached hydrogens (tertiary/aromatic N) is 3. The summed E-state index contributed by atoms with van der Waals surface area (Å²) >= 11 is 0. The summed E-state index contributed by atoms with van der Waals surface area (Å²) in [5.41, 5.74) is 13.8. The summed E-state index contributed by atoms with van der Waals surface area (Å²) < 4.78 is 22.1. The van der Waals surface area contributed by atoms with E-state index in [0.29, 0.717) is 5.69 Å². The Kier molecular flexibility index (Phi) is 16.9. The lowest BCUT2D eigenvalue weighted by atomic mass is 9.59. The third-order valence-corrected chi connectivity index (χ3v) is 19.9. The zero-order chi connectivity index (χ0) is 63.1. The van der Waals surface area contributed by atoms with Gasteiger partial charge < -0.3 is 29.8 Å². The van der Waals surface area contributed by atoms with Gasteiger partial charge >= 0.3 is 0 Å². The van der Waals surface area contributed by atoms with Crippen LogP contribution >= 0.6 is 0 Å². The van der Waals surface area contributed by atoms with Crippen LogP contribution < -0.4 is 14.2 Å². The molecule has 0 fully saturated rings. The van der Waals surface area contributed by atoms with Crippen molar-refractivity contribution < 1.29 is 28.4 Å². The molecule has 468 valence electrons. The van der Waals surface area contributed by atoms with Crippen molar-refractivity contribution in [1.82, 2.24) is 0 Å². The fraction of sp³-hybridized carbons (Fsp3) is 0.577.